The maximum absolute atomic E-state index is 11.7. The first kappa shape index (κ1) is 11.9. The van der Waals surface area contributed by atoms with Gasteiger partial charge in [-0.25, -0.2) is 0 Å². The van der Waals surface area contributed by atoms with Crippen molar-refractivity contribution in [3.05, 3.63) is 0 Å². The summed E-state index contributed by atoms with van der Waals surface area (Å²) in [6.45, 7) is 2.17. The first-order valence-corrected chi connectivity index (χ1v) is 7.60. The Labute approximate surface area is 109 Å². The summed E-state index contributed by atoms with van der Waals surface area (Å²) in [6, 6.07) is 0. The molecule has 0 N–H and O–H groups in total. The average Bonchev–Trinajstić information content (AvgIpc) is 2.86. The second-order valence-corrected chi connectivity index (χ2v) is 6.77. The van der Waals surface area contributed by atoms with Crippen LogP contribution in [-0.4, -0.2) is 17.3 Å². The van der Waals surface area contributed by atoms with Gasteiger partial charge in [0.05, 0.1) is 6.42 Å². The minimum atomic E-state index is -0.157. The summed E-state index contributed by atoms with van der Waals surface area (Å²) in [5.74, 6) is 3.82. The van der Waals surface area contributed by atoms with Crippen LogP contribution in [0.3, 0.4) is 0 Å². The Morgan fingerprint density at radius 1 is 1.41 bits per heavy atom. The van der Waals surface area contributed by atoms with Crippen LogP contribution in [0, 0.1) is 23.7 Å². The van der Waals surface area contributed by atoms with Crippen LogP contribution in [0.25, 0.3) is 0 Å². The largest absolute Gasteiger partial charge is 0.459 e. The van der Waals surface area contributed by atoms with Gasteiger partial charge in [-0.15, -0.1) is 0 Å². The van der Waals surface area contributed by atoms with Gasteiger partial charge in [0.2, 0.25) is 0 Å². The highest BCUT2D eigenvalue weighted by atomic mass is 32.1. The maximum Gasteiger partial charge on any atom is 0.307 e. The van der Waals surface area contributed by atoms with Crippen molar-refractivity contribution in [3.8, 4) is 0 Å². The van der Waals surface area contributed by atoms with Crippen molar-refractivity contribution < 1.29 is 9.53 Å². The number of thiol groups is 1. The number of carbonyl (C=O) groups is 1. The van der Waals surface area contributed by atoms with Gasteiger partial charge < -0.3 is 4.74 Å². The molecule has 96 valence electrons. The normalized spacial score (nSPS) is 47.2. The molecule has 0 spiro atoms. The fourth-order valence-corrected chi connectivity index (χ4v) is 5.09. The third-order valence-electron chi connectivity index (χ3n) is 5.42. The van der Waals surface area contributed by atoms with Crippen LogP contribution in [-0.2, 0) is 9.53 Å². The third kappa shape index (κ3) is 1.81. The summed E-state index contributed by atoms with van der Waals surface area (Å²) in [6.07, 6.45) is 7.04. The van der Waals surface area contributed by atoms with Crippen molar-refractivity contribution in [2.75, 3.05) is 5.75 Å². The average molecular weight is 254 g/mol. The molecule has 0 radical (unpaired) electrons. The van der Waals surface area contributed by atoms with Crippen LogP contribution < -0.4 is 0 Å². The Morgan fingerprint density at radius 2 is 2.18 bits per heavy atom. The zero-order valence-corrected chi connectivity index (χ0v) is 11.4. The quantitative estimate of drug-likeness (QED) is 0.619. The molecule has 3 heteroatoms. The van der Waals surface area contributed by atoms with Gasteiger partial charge in [-0.2, -0.15) is 12.6 Å². The monoisotopic (exact) mass is 254 g/mol. The number of fused-ring (bicyclic) bond motifs is 5. The molecule has 3 aliphatic rings. The molecule has 5 atom stereocenters. The van der Waals surface area contributed by atoms with Gasteiger partial charge in [-0.1, -0.05) is 6.42 Å². The van der Waals surface area contributed by atoms with E-state index in [-0.39, 0.29) is 11.6 Å². The summed E-state index contributed by atoms with van der Waals surface area (Å²) >= 11 is 4.10. The van der Waals surface area contributed by atoms with Crippen LogP contribution in [0.4, 0.5) is 0 Å². The van der Waals surface area contributed by atoms with E-state index in [1.807, 2.05) is 0 Å². The highest BCUT2D eigenvalue weighted by molar-refractivity contribution is 7.80. The molecule has 2 bridgehead atoms. The van der Waals surface area contributed by atoms with Crippen molar-refractivity contribution in [1.82, 2.24) is 0 Å². The molecule has 0 aromatic carbocycles. The van der Waals surface area contributed by atoms with E-state index >= 15 is 0 Å². The second kappa shape index (κ2) is 4.18. The molecule has 0 heterocycles. The lowest BCUT2D eigenvalue weighted by atomic mass is 9.73. The minimum absolute atomic E-state index is 0.0513. The fourth-order valence-electron chi connectivity index (χ4n) is 4.91. The van der Waals surface area contributed by atoms with E-state index in [0.717, 1.165) is 24.2 Å². The first-order chi connectivity index (χ1) is 8.14. The molecule has 0 aliphatic heterocycles. The molecule has 0 saturated heterocycles. The van der Waals surface area contributed by atoms with Crippen LogP contribution in [0.2, 0.25) is 0 Å². The molecule has 5 unspecified atom stereocenters. The summed E-state index contributed by atoms with van der Waals surface area (Å²) in [4.78, 5) is 11.7. The first-order valence-electron chi connectivity index (χ1n) is 6.97. The van der Waals surface area contributed by atoms with Crippen LogP contribution in [0.5, 0.6) is 0 Å². The van der Waals surface area contributed by atoms with Crippen molar-refractivity contribution in [1.29, 1.82) is 0 Å². The van der Waals surface area contributed by atoms with Gasteiger partial charge in [0, 0.05) is 11.7 Å². The molecular formula is C14H22O2S. The molecule has 3 aliphatic carbocycles. The van der Waals surface area contributed by atoms with E-state index in [1.54, 1.807) is 0 Å². The van der Waals surface area contributed by atoms with Crippen molar-refractivity contribution >= 4 is 18.6 Å². The summed E-state index contributed by atoms with van der Waals surface area (Å²) in [5.41, 5.74) is -0.157. The highest BCUT2D eigenvalue weighted by Gasteiger charge is 2.60. The van der Waals surface area contributed by atoms with E-state index in [0.29, 0.717) is 18.1 Å². The molecule has 3 fully saturated rings. The van der Waals surface area contributed by atoms with Crippen LogP contribution in [0.1, 0.15) is 45.4 Å². The molecule has 2 nitrogen and oxygen atoms in total. The summed E-state index contributed by atoms with van der Waals surface area (Å²) < 4.78 is 5.79. The summed E-state index contributed by atoms with van der Waals surface area (Å²) in [5, 5.41) is 0. The predicted molar refractivity (Wildman–Crippen MR) is 70.0 cm³/mol. The Kier molecular flexibility index (Phi) is 2.92. The SMILES string of the molecule is CC1(OC(=O)CCS)CC2CC1C1CCCC21. The molecule has 3 rings (SSSR count). The van der Waals surface area contributed by atoms with Gasteiger partial charge in [0.25, 0.3) is 0 Å². The lowest BCUT2D eigenvalue weighted by molar-refractivity contribution is -0.166. The molecular weight excluding hydrogens is 232 g/mol. The fraction of sp³-hybridized carbons (Fsp3) is 0.929. The minimum Gasteiger partial charge on any atom is -0.459 e. The van der Waals surface area contributed by atoms with Crippen LogP contribution >= 0.6 is 12.6 Å². The Balaban J connectivity index is 1.71. The molecule has 17 heavy (non-hydrogen) atoms. The number of carbonyl (C=O) groups excluding carboxylic acids is 1. The van der Waals surface area contributed by atoms with E-state index in [1.165, 1.54) is 25.7 Å². The molecule has 0 aromatic rings. The zero-order chi connectivity index (χ0) is 12.0. The van der Waals surface area contributed by atoms with E-state index in [4.69, 9.17) is 4.74 Å². The van der Waals surface area contributed by atoms with Crippen molar-refractivity contribution in [2.24, 2.45) is 23.7 Å². The smallest absolute Gasteiger partial charge is 0.307 e. The predicted octanol–water partition coefficient (Wildman–Crippen LogP) is 3.06. The second-order valence-electron chi connectivity index (χ2n) is 6.33. The van der Waals surface area contributed by atoms with Gasteiger partial charge in [-0.05, 0) is 50.4 Å². The van der Waals surface area contributed by atoms with Gasteiger partial charge >= 0.3 is 5.97 Å². The van der Waals surface area contributed by atoms with Crippen LogP contribution in [0.15, 0.2) is 0 Å². The number of ether oxygens (including phenoxy) is 1. The Bertz CT molecular complexity index is 330. The molecule has 0 amide bonds. The van der Waals surface area contributed by atoms with E-state index < -0.39 is 0 Å². The third-order valence-corrected chi connectivity index (χ3v) is 5.64. The van der Waals surface area contributed by atoms with Crippen molar-refractivity contribution in [3.63, 3.8) is 0 Å². The van der Waals surface area contributed by atoms with Gasteiger partial charge in [0.1, 0.15) is 5.60 Å². The topological polar surface area (TPSA) is 26.3 Å². The standard InChI is InChI=1S/C14H22O2S/c1-14(16-13(15)5-6-17)8-9-7-12(14)11-4-2-3-10(9)11/h9-12,17H,2-8H2,1H3. The zero-order valence-electron chi connectivity index (χ0n) is 10.5. The van der Waals surface area contributed by atoms with E-state index in [9.17, 15) is 4.79 Å². The lowest BCUT2D eigenvalue weighted by Gasteiger charge is -2.39. The molecule has 0 aromatic heterocycles. The lowest BCUT2D eigenvalue weighted by Crippen LogP contribution is -2.42. The number of esters is 1. The van der Waals surface area contributed by atoms with Gasteiger partial charge in [-0.3, -0.25) is 4.79 Å². The summed E-state index contributed by atoms with van der Waals surface area (Å²) in [7, 11) is 0. The number of rotatable bonds is 3. The van der Waals surface area contributed by atoms with Crippen molar-refractivity contribution in [2.45, 2.75) is 51.0 Å². The molecule has 3 saturated carbocycles. The van der Waals surface area contributed by atoms with Gasteiger partial charge in [0.15, 0.2) is 0 Å². The Hall–Kier alpha value is -0.180. The number of hydrogen-bond acceptors (Lipinski definition) is 3. The maximum atomic E-state index is 11.7. The highest BCUT2D eigenvalue weighted by Crippen LogP contribution is 2.63. The number of hydrogen-bond donors (Lipinski definition) is 1. The van der Waals surface area contributed by atoms with E-state index in [2.05, 4.69) is 19.6 Å². The Morgan fingerprint density at radius 3 is 2.94 bits per heavy atom.